The molecule has 45 heavy (non-hydrogen) atoms. The molecule has 2 aromatic heterocycles. The van der Waals surface area contributed by atoms with Crippen molar-refractivity contribution in [3.05, 3.63) is 120 Å². The standard InChI is InChI=1S/C31H27F3N6O4S/c1-21(45-25-15-42-29(43-16-25)5-3-2-4-23-7-6-22(14-35)12-27(23)33)31(17-40-20-37-18-38-40,26-9-8-24(32)13-28(26)34)44-30(41)39-11-10-36-19-39/h2-13,18-21,25,29H,15-17H2,1H3/b4-2+,5-3+/t21-,25?,29?,31-/m1/s1. The number of nitrogens with zero attached hydrogens (tertiary/aromatic N) is 6. The van der Waals surface area contributed by atoms with Crippen molar-refractivity contribution in [2.75, 3.05) is 13.2 Å². The molecule has 232 valence electrons. The Morgan fingerprint density at radius 2 is 1.98 bits per heavy atom. The van der Waals surface area contributed by atoms with Gasteiger partial charge in [-0.1, -0.05) is 24.3 Å². The van der Waals surface area contributed by atoms with Gasteiger partial charge in [-0.2, -0.15) is 10.4 Å². The molecule has 1 saturated heterocycles. The van der Waals surface area contributed by atoms with E-state index in [2.05, 4.69) is 15.1 Å². The normalized spacial score (nSPS) is 18.9. The Hall–Kier alpha value is -4.71. The van der Waals surface area contributed by atoms with E-state index in [0.717, 1.165) is 16.7 Å². The molecule has 0 saturated carbocycles. The Morgan fingerprint density at radius 3 is 2.64 bits per heavy atom. The SMILES string of the molecule is C[C@@H](SC1COC(/C=C/C=C/c2ccc(C#N)cc2F)OC1)[C@@](Cn1cncn1)(OC(=O)n1ccnc1)c1ccc(F)cc1F. The van der Waals surface area contributed by atoms with Gasteiger partial charge in [0.05, 0.1) is 36.6 Å². The zero-order chi connectivity index (χ0) is 31.8. The zero-order valence-electron chi connectivity index (χ0n) is 23.9. The number of carbonyl (C=O) groups excluding carboxylic acids is 1. The third-order valence-corrected chi connectivity index (χ3v) is 8.41. The number of ether oxygens (including phenoxy) is 3. The molecule has 1 fully saturated rings. The van der Waals surface area contributed by atoms with E-state index in [-0.39, 0.29) is 36.1 Å². The van der Waals surface area contributed by atoms with Gasteiger partial charge in [-0.3, -0.25) is 0 Å². The number of allylic oxidation sites excluding steroid dienone is 2. The molecule has 3 heterocycles. The van der Waals surface area contributed by atoms with E-state index < -0.39 is 40.7 Å². The second-order valence-electron chi connectivity index (χ2n) is 9.97. The average molecular weight is 637 g/mol. The van der Waals surface area contributed by atoms with Crippen LogP contribution in [0.25, 0.3) is 6.08 Å². The van der Waals surface area contributed by atoms with Gasteiger partial charge in [-0.15, -0.1) is 11.8 Å². The van der Waals surface area contributed by atoms with Crippen LogP contribution in [0.4, 0.5) is 18.0 Å². The molecular weight excluding hydrogens is 609 g/mol. The molecule has 1 aliphatic rings. The van der Waals surface area contributed by atoms with E-state index >= 15 is 4.39 Å². The summed E-state index contributed by atoms with van der Waals surface area (Å²) in [6.45, 7) is 2.14. The molecule has 0 aliphatic carbocycles. The number of hydrogen-bond acceptors (Lipinski definition) is 9. The molecule has 2 aromatic carbocycles. The Labute approximate surface area is 260 Å². The van der Waals surface area contributed by atoms with Gasteiger partial charge in [0, 0.05) is 34.8 Å². The van der Waals surface area contributed by atoms with E-state index in [0.29, 0.717) is 5.56 Å². The molecule has 5 rings (SSSR count). The minimum absolute atomic E-state index is 0.0446. The Bertz CT molecular complexity index is 1700. The van der Waals surface area contributed by atoms with Crippen LogP contribution in [0.3, 0.4) is 0 Å². The molecule has 0 spiro atoms. The lowest BCUT2D eigenvalue weighted by Gasteiger charge is -2.40. The Kier molecular flexibility index (Phi) is 10.1. The van der Waals surface area contributed by atoms with Gasteiger partial charge in [0.25, 0.3) is 0 Å². The van der Waals surface area contributed by atoms with E-state index in [1.54, 1.807) is 31.2 Å². The third kappa shape index (κ3) is 7.69. The number of halogens is 3. The van der Waals surface area contributed by atoms with Crippen molar-refractivity contribution in [3.8, 4) is 6.07 Å². The fraction of sp³-hybridized carbons (Fsp3) is 0.258. The lowest BCUT2D eigenvalue weighted by atomic mass is 9.89. The van der Waals surface area contributed by atoms with Gasteiger partial charge in [0.1, 0.15) is 36.4 Å². The fourth-order valence-electron chi connectivity index (χ4n) is 4.70. The molecule has 14 heteroatoms. The highest BCUT2D eigenvalue weighted by molar-refractivity contribution is 8.00. The van der Waals surface area contributed by atoms with Crippen molar-refractivity contribution >= 4 is 23.9 Å². The van der Waals surface area contributed by atoms with Gasteiger partial charge in [0.15, 0.2) is 11.9 Å². The summed E-state index contributed by atoms with van der Waals surface area (Å²) in [5, 5.41) is 12.1. The maximum absolute atomic E-state index is 15.5. The van der Waals surface area contributed by atoms with Crippen molar-refractivity contribution in [1.82, 2.24) is 24.3 Å². The summed E-state index contributed by atoms with van der Waals surface area (Å²) >= 11 is 1.35. The fourth-order valence-corrected chi connectivity index (χ4v) is 6.06. The van der Waals surface area contributed by atoms with E-state index in [4.69, 9.17) is 19.5 Å². The summed E-state index contributed by atoms with van der Waals surface area (Å²) in [6.07, 6.45) is 11.8. The largest absolute Gasteiger partial charge is 0.434 e. The molecule has 10 nitrogen and oxygen atoms in total. The first-order valence-electron chi connectivity index (χ1n) is 13.7. The molecule has 1 aliphatic heterocycles. The van der Waals surface area contributed by atoms with Crippen LogP contribution in [-0.4, -0.2) is 60.4 Å². The second-order valence-corrected chi connectivity index (χ2v) is 11.6. The quantitative estimate of drug-likeness (QED) is 0.209. The minimum Gasteiger partial charge on any atom is -0.434 e. The van der Waals surface area contributed by atoms with Gasteiger partial charge in [-0.05, 0) is 37.3 Å². The number of hydrogen-bond donors (Lipinski definition) is 0. The molecular formula is C31H27F3N6O4S. The summed E-state index contributed by atoms with van der Waals surface area (Å²) in [5.41, 5.74) is -1.16. The molecule has 0 unspecified atom stereocenters. The number of rotatable bonds is 10. The van der Waals surface area contributed by atoms with Gasteiger partial charge >= 0.3 is 6.09 Å². The monoisotopic (exact) mass is 636 g/mol. The molecule has 0 radical (unpaired) electrons. The minimum atomic E-state index is -1.68. The number of aromatic nitrogens is 5. The summed E-state index contributed by atoms with van der Waals surface area (Å²) in [4.78, 5) is 21.1. The lowest BCUT2D eigenvalue weighted by molar-refractivity contribution is -0.146. The Morgan fingerprint density at radius 1 is 1.16 bits per heavy atom. The van der Waals surface area contributed by atoms with Crippen LogP contribution in [0, 0.1) is 28.8 Å². The van der Waals surface area contributed by atoms with Gasteiger partial charge in [-0.25, -0.2) is 37.2 Å². The van der Waals surface area contributed by atoms with Crippen molar-refractivity contribution in [2.45, 2.75) is 35.9 Å². The highest BCUT2D eigenvalue weighted by Gasteiger charge is 2.47. The summed E-state index contributed by atoms with van der Waals surface area (Å²) in [6, 6.07) is 9.20. The number of nitriles is 1. The smallest absolute Gasteiger partial charge is 0.420 e. The van der Waals surface area contributed by atoms with Crippen LogP contribution in [-0.2, 0) is 26.4 Å². The number of thioether (sulfide) groups is 1. The van der Waals surface area contributed by atoms with Crippen LogP contribution >= 0.6 is 11.8 Å². The maximum atomic E-state index is 15.5. The number of benzene rings is 2. The zero-order valence-corrected chi connectivity index (χ0v) is 24.7. The molecule has 0 amide bonds. The van der Waals surface area contributed by atoms with Crippen molar-refractivity contribution in [1.29, 1.82) is 5.26 Å². The van der Waals surface area contributed by atoms with E-state index in [1.165, 1.54) is 72.1 Å². The van der Waals surface area contributed by atoms with Crippen molar-refractivity contribution in [3.63, 3.8) is 0 Å². The topological polar surface area (TPSA) is 117 Å². The van der Waals surface area contributed by atoms with Crippen LogP contribution in [0.2, 0.25) is 0 Å². The van der Waals surface area contributed by atoms with E-state index in [9.17, 15) is 13.6 Å². The Balaban J connectivity index is 1.31. The molecule has 0 bridgehead atoms. The number of carbonyl (C=O) groups is 1. The molecule has 0 N–H and O–H groups in total. The van der Waals surface area contributed by atoms with Gasteiger partial charge in [0.2, 0.25) is 0 Å². The first-order valence-corrected chi connectivity index (χ1v) is 14.6. The average Bonchev–Trinajstić information content (AvgIpc) is 3.75. The van der Waals surface area contributed by atoms with E-state index in [1.807, 2.05) is 6.07 Å². The first-order chi connectivity index (χ1) is 21.8. The van der Waals surface area contributed by atoms with Crippen molar-refractivity contribution < 1.29 is 32.2 Å². The van der Waals surface area contributed by atoms with Crippen LogP contribution in [0.1, 0.15) is 23.6 Å². The van der Waals surface area contributed by atoms with Crippen LogP contribution in [0.15, 0.2) is 86.0 Å². The van der Waals surface area contributed by atoms with Crippen molar-refractivity contribution in [2.24, 2.45) is 0 Å². The lowest BCUT2D eigenvalue weighted by Crippen LogP contribution is -2.47. The predicted molar refractivity (Wildman–Crippen MR) is 158 cm³/mol. The summed E-state index contributed by atoms with van der Waals surface area (Å²) in [7, 11) is 0. The van der Waals surface area contributed by atoms with Crippen LogP contribution < -0.4 is 0 Å². The summed E-state index contributed by atoms with van der Waals surface area (Å²) < 4.78 is 63.9. The highest BCUT2D eigenvalue weighted by Crippen LogP contribution is 2.42. The van der Waals surface area contributed by atoms with Gasteiger partial charge < -0.3 is 14.2 Å². The maximum Gasteiger partial charge on any atom is 0.420 e. The molecule has 4 aromatic rings. The number of imidazole rings is 1. The highest BCUT2D eigenvalue weighted by atomic mass is 32.2. The second kappa shape index (κ2) is 14.4. The predicted octanol–water partition coefficient (Wildman–Crippen LogP) is 5.48. The van der Waals surface area contributed by atoms with Crippen LogP contribution in [0.5, 0.6) is 0 Å². The summed E-state index contributed by atoms with van der Waals surface area (Å²) in [5.74, 6) is -2.18. The first kappa shape index (κ1) is 31.7. The molecule has 2 atom stereocenters. The third-order valence-electron chi connectivity index (χ3n) is 6.97.